The Balaban J connectivity index is 2.09. The summed E-state index contributed by atoms with van der Waals surface area (Å²) < 4.78 is 0. The van der Waals surface area contributed by atoms with Crippen molar-refractivity contribution in [2.45, 2.75) is 0 Å². The molecule has 118 valence electrons. The number of amides is 1. The molecule has 2 rings (SSSR count). The van der Waals surface area contributed by atoms with Crippen LogP contribution in [0.15, 0.2) is 60.0 Å². The molecule has 1 aromatic heterocycles. The van der Waals surface area contributed by atoms with E-state index in [1.165, 1.54) is 18.0 Å². The average molecular weight is 329 g/mol. The van der Waals surface area contributed by atoms with E-state index in [9.17, 15) is 9.59 Å². The number of hydrogen-bond donors (Lipinski definition) is 2. The standard InChI is InChI=1S/C16H15N3O3S/c20-15(21)11-23-10-14(12-5-2-1-3-6-12)18-19-16(22)13-7-4-8-17-9-13/h1-9H,10-11H2,(H,19,22)(H,20,21)/b18-14-. The fourth-order valence-corrected chi connectivity index (χ4v) is 2.43. The summed E-state index contributed by atoms with van der Waals surface area (Å²) in [6.07, 6.45) is 3.03. The molecule has 0 bridgehead atoms. The maximum Gasteiger partial charge on any atom is 0.313 e. The zero-order valence-corrected chi connectivity index (χ0v) is 13.0. The molecule has 0 aliphatic carbocycles. The molecule has 0 aliphatic rings. The van der Waals surface area contributed by atoms with Gasteiger partial charge in [0.15, 0.2) is 0 Å². The lowest BCUT2D eigenvalue weighted by Gasteiger charge is -2.07. The number of hydrogen-bond acceptors (Lipinski definition) is 5. The molecule has 23 heavy (non-hydrogen) atoms. The van der Waals surface area contributed by atoms with E-state index < -0.39 is 5.97 Å². The molecule has 1 aromatic carbocycles. The summed E-state index contributed by atoms with van der Waals surface area (Å²) in [5.41, 5.74) is 4.32. The van der Waals surface area contributed by atoms with Gasteiger partial charge in [0, 0.05) is 18.1 Å². The van der Waals surface area contributed by atoms with Crippen molar-refractivity contribution in [3.8, 4) is 0 Å². The molecule has 0 atom stereocenters. The van der Waals surface area contributed by atoms with Crippen LogP contribution in [0.5, 0.6) is 0 Å². The number of nitrogens with one attached hydrogen (secondary N) is 1. The molecule has 0 aliphatic heterocycles. The highest BCUT2D eigenvalue weighted by Gasteiger charge is 2.08. The minimum atomic E-state index is -0.887. The molecule has 2 aromatic rings. The number of carboxylic acid groups (broad SMARTS) is 1. The Hall–Kier alpha value is -2.67. The summed E-state index contributed by atoms with van der Waals surface area (Å²) in [5, 5.41) is 12.9. The lowest BCUT2D eigenvalue weighted by molar-refractivity contribution is -0.133. The third-order valence-electron chi connectivity index (χ3n) is 2.79. The first-order valence-electron chi connectivity index (χ1n) is 6.78. The van der Waals surface area contributed by atoms with Crippen LogP contribution in [0, 0.1) is 0 Å². The van der Waals surface area contributed by atoms with Crippen LogP contribution >= 0.6 is 11.8 Å². The van der Waals surface area contributed by atoms with Gasteiger partial charge in [-0.15, -0.1) is 11.8 Å². The number of thioether (sulfide) groups is 1. The van der Waals surface area contributed by atoms with Crippen molar-refractivity contribution in [2.75, 3.05) is 11.5 Å². The molecule has 6 nitrogen and oxygen atoms in total. The van der Waals surface area contributed by atoms with Crippen molar-refractivity contribution in [3.63, 3.8) is 0 Å². The van der Waals surface area contributed by atoms with Crippen molar-refractivity contribution in [3.05, 3.63) is 66.0 Å². The summed E-state index contributed by atoms with van der Waals surface area (Å²) in [7, 11) is 0. The van der Waals surface area contributed by atoms with E-state index in [4.69, 9.17) is 5.11 Å². The Morgan fingerprint density at radius 3 is 2.48 bits per heavy atom. The number of nitrogens with zero attached hydrogens (tertiary/aromatic N) is 2. The predicted octanol–water partition coefficient (Wildman–Crippen LogP) is 2.03. The average Bonchev–Trinajstić information content (AvgIpc) is 2.59. The molecule has 1 amide bonds. The number of rotatable bonds is 7. The minimum Gasteiger partial charge on any atom is -0.481 e. The third kappa shape index (κ3) is 5.55. The van der Waals surface area contributed by atoms with Gasteiger partial charge < -0.3 is 5.11 Å². The molecular formula is C16H15N3O3S. The fourth-order valence-electron chi connectivity index (χ4n) is 1.73. The van der Waals surface area contributed by atoms with Crippen LogP contribution in [0.25, 0.3) is 0 Å². The SMILES string of the molecule is O=C(O)CSC/C(=N/NC(=O)c1cccnc1)c1ccccc1. The van der Waals surface area contributed by atoms with E-state index in [0.29, 0.717) is 17.0 Å². The Kier molecular flexibility index (Phi) is 6.31. The van der Waals surface area contributed by atoms with Crippen molar-refractivity contribution < 1.29 is 14.7 Å². The maximum absolute atomic E-state index is 12.0. The first kappa shape index (κ1) is 16.7. The summed E-state index contributed by atoms with van der Waals surface area (Å²) in [6, 6.07) is 12.6. The molecular weight excluding hydrogens is 314 g/mol. The highest BCUT2D eigenvalue weighted by molar-refractivity contribution is 8.00. The van der Waals surface area contributed by atoms with Gasteiger partial charge >= 0.3 is 5.97 Å². The topological polar surface area (TPSA) is 91.6 Å². The monoisotopic (exact) mass is 329 g/mol. The zero-order valence-electron chi connectivity index (χ0n) is 12.2. The summed E-state index contributed by atoms with van der Waals surface area (Å²) in [4.78, 5) is 26.5. The van der Waals surface area contributed by atoms with Crippen LogP contribution in [0.4, 0.5) is 0 Å². The van der Waals surface area contributed by atoms with E-state index >= 15 is 0 Å². The predicted molar refractivity (Wildman–Crippen MR) is 89.6 cm³/mol. The highest BCUT2D eigenvalue weighted by Crippen LogP contribution is 2.08. The van der Waals surface area contributed by atoms with Crippen molar-refractivity contribution in [1.82, 2.24) is 10.4 Å². The van der Waals surface area contributed by atoms with E-state index in [-0.39, 0.29) is 11.7 Å². The quantitative estimate of drug-likeness (QED) is 0.599. The van der Waals surface area contributed by atoms with Gasteiger partial charge in [0.1, 0.15) is 0 Å². The summed E-state index contributed by atoms with van der Waals surface area (Å²) >= 11 is 1.22. The van der Waals surface area contributed by atoms with Crippen molar-refractivity contribution >= 4 is 29.4 Å². The number of benzene rings is 1. The van der Waals surface area contributed by atoms with E-state index in [1.54, 1.807) is 18.3 Å². The molecule has 0 saturated heterocycles. The van der Waals surface area contributed by atoms with Crippen LogP contribution in [-0.4, -0.2) is 39.2 Å². The van der Waals surface area contributed by atoms with E-state index in [0.717, 1.165) is 5.56 Å². The van der Waals surface area contributed by atoms with Crippen LogP contribution in [0.1, 0.15) is 15.9 Å². The number of hydrazone groups is 1. The number of pyridine rings is 1. The Labute approximate surface area is 137 Å². The molecule has 0 spiro atoms. The Morgan fingerprint density at radius 2 is 1.83 bits per heavy atom. The number of carbonyl (C=O) groups excluding carboxylic acids is 1. The van der Waals surface area contributed by atoms with Gasteiger partial charge in [-0.1, -0.05) is 30.3 Å². The third-order valence-corrected chi connectivity index (χ3v) is 3.72. The number of aromatic nitrogens is 1. The molecule has 0 radical (unpaired) electrons. The van der Waals surface area contributed by atoms with Crippen LogP contribution in [-0.2, 0) is 4.79 Å². The van der Waals surface area contributed by atoms with Crippen molar-refractivity contribution in [2.24, 2.45) is 5.10 Å². The first-order valence-corrected chi connectivity index (χ1v) is 7.94. The van der Waals surface area contributed by atoms with Gasteiger partial charge in [-0.3, -0.25) is 14.6 Å². The molecule has 0 unspecified atom stereocenters. The Bertz CT molecular complexity index is 690. The normalized spacial score (nSPS) is 11.0. The Morgan fingerprint density at radius 1 is 1.09 bits per heavy atom. The van der Waals surface area contributed by atoms with Gasteiger partial charge in [0.2, 0.25) is 0 Å². The minimum absolute atomic E-state index is 0.0254. The summed E-state index contributed by atoms with van der Waals surface area (Å²) in [6.45, 7) is 0. The smallest absolute Gasteiger partial charge is 0.313 e. The van der Waals surface area contributed by atoms with E-state index in [1.807, 2.05) is 30.3 Å². The van der Waals surface area contributed by atoms with Gasteiger partial charge in [0.25, 0.3) is 5.91 Å². The molecule has 0 saturated carbocycles. The largest absolute Gasteiger partial charge is 0.481 e. The lowest BCUT2D eigenvalue weighted by atomic mass is 10.1. The first-order chi connectivity index (χ1) is 11.2. The van der Waals surface area contributed by atoms with E-state index in [2.05, 4.69) is 15.5 Å². The van der Waals surface area contributed by atoms with Crippen LogP contribution in [0.3, 0.4) is 0 Å². The van der Waals surface area contributed by atoms with Gasteiger partial charge in [-0.2, -0.15) is 5.10 Å². The van der Waals surface area contributed by atoms with Gasteiger partial charge in [-0.05, 0) is 17.7 Å². The molecule has 7 heteroatoms. The number of carbonyl (C=O) groups is 2. The number of carboxylic acids is 1. The second kappa shape index (κ2) is 8.70. The number of aliphatic carboxylic acids is 1. The van der Waals surface area contributed by atoms with Crippen molar-refractivity contribution in [1.29, 1.82) is 0 Å². The lowest BCUT2D eigenvalue weighted by Crippen LogP contribution is -2.21. The molecule has 1 heterocycles. The molecule has 0 fully saturated rings. The second-order valence-corrected chi connectivity index (χ2v) is 5.48. The molecule has 2 N–H and O–H groups in total. The highest BCUT2D eigenvalue weighted by atomic mass is 32.2. The fraction of sp³-hybridized carbons (Fsp3) is 0.125. The maximum atomic E-state index is 12.0. The van der Waals surface area contributed by atoms with Gasteiger partial charge in [-0.25, -0.2) is 5.43 Å². The second-order valence-electron chi connectivity index (χ2n) is 4.49. The van der Waals surface area contributed by atoms with Crippen LogP contribution in [0.2, 0.25) is 0 Å². The summed E-state index contributed by atoms with van der Waals surface area (Å²) in [5.74, 6) is -0.900. The zero-order chi connectivity index (χ0) is 16.5. The van der Waals surface area contributed by atoms with Gasteiger partial charge in [0.05, 0.1) is 17.0 Å². The van der Waals surface area contributed by atoms with Crippen LogP contribution < -0.4 is 5.43 Å².